The SMILES string of the molecule is O=C(N/N=C/c1cccnc1)c1cc(Br)cc(Br)c1O. The Labute approximate surface area is 132 Å². The third-order valence-corrected chi connectivity index (χ3v) is 3.40. The molecular formula is C13H9Br2N3O2. The highest BCUT2D eigenvalue weighted by Crippen LogP contribution is 2.31. The van der Waals surface area contributed by atoms with Crippen LogP contribution in [0.15, 0.2) is 50.7 Å². The summed E-state index contributed by atoms with van der Waals surface area (Å²) in [4.78, 5) is 15.8. The van der Waals surface area contributed by atoms with Crippen LogP contribution in [0.25, 0.3) is 0 Å². The van der Waals surface area contributed by atoms with Crippen LogP contribution in [-0.4, -0.2) is 22.2 Å². The zero-order valence-electron chi connectivity index (χ0n) is 10.0. The van der Waals surface area contributed by atoms with E-state index in [0.717, 1.165) is 5.56 Å². The Morgan fingerprint density at radius 2 is 2.20 bits per heavy atom. The molecule has 0 spiro atoms. The van der Waals surface area contributed by atoms with Gasteiger partial charge in [-0.3, -0.25) is 9.78 Å². The zero-order valence-corrected chi connectivity index (χ0v) is 13.2. The number of phenols is 1. The van der Waals surface area contributed by atoms with Crippen LogP contribution in [0.4, 0.5) is 0 Å². The Balaban J connectivity index is 2.11. The number of aromatic nitrogens is 1. The predicted molar refractivity (Wildman–Crippen MR) is 82.8 cm³/mol. The summed E-state index contributed by atoms with van der Waals surface area (Å²) in [5, 5.41) is 13.6. The highest BCUT2D eigenvalue weighted by molar-refractivity contribution is 9.11. The first-order chi connectivity index (χ1) is 9.58. The van der Waals surface area contributed by atoms with Crippen LogP contribution in [0, 0.1) is 0 Å². The molecule has 5 nitrogen and oxygen atoms in total. The van der Waals surface area contributed by atoms with E-state index >= 15 is 0 Å². The molecule has 0 atom stereocenters. The molecule has 102 valence electrons. The van der Waals surface area contributed by atoms with Gasteiger partial charge in [0.2, 0.25) is 0 Å². The lowest BCUT2D eigenvalue weighted by Gasteiger charge is -2.05. The van der Waals surface area contributed by atoms with E-state index in [-0.39, 0.29) is 11.3 Å². The molecule has 0 radical (unpaired) electrons. The maximum atomic E-state index is 11.9. The van der Waals surface area contributed by atoms with E-state index in [9.17, 15) is 9.90 Å². The number of hydrazone groups is 1. The van der Waals surface area contributed by atoms with Crippen molar-refractivity contribution >= 4 is 44.0 Å². The minimum Gasteiger partial charge on any atom is -0.506 e. The molecule has 0 unspecified atom stereocenters. The number of rotatable bonds is 3. The first kappa shape index (κ1) is 14.7. The first-order valence-corrected chi connectivity index (χ1v) is 7.08. The smallest absolute Gasteiger partial charge is 0.275 e. The summed E-state index contributed by atoms with van der Waals surface area (Å²) in [6.45, 7) is 0. The van der Waals surface area contributed by atoms with Gasteiger partial charge in [0.15, 0.2) is 0 Å². The zero-order chi connectivity index (χ0) is 14.5. The summed E-state index contributed by atoms with van der Waals surface area (Å²) in [5.41, 5.74) is 3.22. The number of carbonyl (C=O) groups is 1. The number of phenolic OH excluding ortho intramolecular Hbond substituents is 1. The molecule has 0 saturated carbocycles. The number of benzene rings is 1. The molecule has 2 N–H and O–H groups in total. The lowest BCUT2D eigenvalue weighted by Crippen LogP contribution is -2.17. The predicted octanol–water partition coefficient (Wildman–Crippen LogP) is 3.08. The molecule has 0 aliphatic carbocycles. The number of nitrogens with one attached hydrogen (secondary N) is 1. The van der Waals surface area contributed by atoms with E-state index in [2.05, 4.69) is 47.4 Å². The van der Waals surface area contributed by atoms with Crippen molar-refractivity contribution in [3.63, 3.8) is 0 Å². The summed E-state index contributed by atoms with van der Waals surface area (Å²) in [7, 11) is 0. The first-order valence-electron chi connectivity index (χ1n) is 5.49. The van der Waals surface area contributed by atoms with Gasteiger partial charge in [0.1, 0.15) is 5.75 Å². The van der Waals surface area contributed by atoms with Gasteiger partial charge in [-0.25, -0.2) is 5.43 Å². The average molecular weight is 399 g/mol. The topological polar surface area (TPSA) is 74.6 Å². The van der Waals surface area contributed by atoms with Crippen molar-refractivity contribution in [1.82, 2.24) is 10.4 Å². The van der Waals surface area contributed by atoms with Crippen molar-refractivity contribution in [2.75, 3.05) is 0 Å². The van der Waals surface area contributed by atoms with Crippen LogP contribution in [-0.2, 0) is 0 Å². The minimum atomic E-state index is -0.510. The molecule has 2 rings (SSSR count). The number of hydrogen-bond donors (Lipinski definition) is 2. The molecule has 0 aliphatic rings. The Bertz CT molecular complexity index is 660. The van der Waals surface area contributed by atoms with E-state index in [4.69, 9.17) is 0 Å². The van der Waals surface area contributed by atoms with Gasteiger partial charge in [-0.15, -0.1) is 0 Å². The Kier molecular flexibility index (Phi) is 4.86. The maximum Gasteiger partial charge on any atom is 0.275 e. The van der Waals surface area contributed by atoms with Crippen molar-refractivity contribution in [2.45, 2.75) is 0 Å². The number of aromatic hydroxyl groups is 1. The quantitative estimate of drug-likeness (QED) is 0.616. The largest absolute Gasteiger partial charge is 0.506 e. The molecule has 1 aromatic carbocycles. The Morgan fingerprint density at radius 3 is 2.90 bits per heavy atom. The van der Waals surface area contributed by atoms with Gasteiger partial charge in [0.05, 0.1) is 16.3 Å². The molecule has 1 heterocycles. The molecule has 0 bridgehead atoms. The highest BCUT2D eigenvalue weighted by atomic mass is 79.9. The number of carbonyl (C=O) groups excluding carboxylic acids is 1. The fourth-order valence-corrected chi connectivity index (χ4v) is 2.64. The third kappa shape index (κ3) is 3.64. The van der Waals surface area contributed by atoms with E-state index in [1.54, 1.807) is 30.6 Å². The van der Waals surface area contributed by atoms with Crippen molar-refractivity contribution in [3.05, 3.63) is 56.7 Å². The van der Waals surface area contributed by atoms with Crippen LogP contribution < -0.4 is 5.43 Å². The van der Waals surface area contributed by atoms with Gasteiger partial charge in [-0.05, 0) is 34.1 Å². The highest BCUT2D eigenvalue weighted by Gasteiger charge is 2.14. The van der Waals surface area contributed by atoms with Gasteiger partial charge in [0.25, 0.3) is 5.91 Å². The number of nitrogens with zero attached hydrogens (tertiary/aromatic N) is 2. The molecular weight excluding hydrogens is 390 g/mol. The van der Waals surface area contributed by atoms with Crippen LogP contribution in [0.1, 0.15) is 15.9 Å². The summed E-state index contributed by atoms with van der Waals surface area (Å²) < 4.78 is 1.09. The minimum absolute atomic E-state index is 0.120. The fourth-order valence-electron chi connectivity index (χ4n) is 1.42. The lowest BCUT2D eigenvalue weighted by atomic mass is 10.2. The second-order valence-corrected chi connectivity index (χ2v) is 5.54. The number of pyridine rings is 1. The monoisotopic (exact) mass is 397 g/mol. The molecule has 0 fully saturated rings. The molecule has 2 aromatic rings. The van der Waals surface area contributed by atoms with Gasteiger partial charge < -0.3 is 5.11 Å². The molecule has 7 heteroatoms. The fraction of sp³-hybridized carbons (Fsp3) is 0. The summed E-state index contributed by atoms with van der Waals surface area (Å²) in [5.74, 6) is -0.646. The number of hydrogen-bond acceptors (Lipinski definition) is 4. The summed E-state index contributed by atoms with van der Waals surface area (Å²) >= 11 is 6.42. The molecule has 20 heavy (non-hydrogen) atoms. The van der Waals surface area contributed by atoms with Crippen molar-refractivity contribution in [2.24, 2.45) is 5.10 Å². The molecule has 1 aromatic heterocycles. The Hall–Kier alpha value is -1.73. The van der Waals surface area contributed by atoms with Gasteiger partial charge >= 0.3 is 0 Å². The van der Waals surface area contributed by atoms with E-state index in [0.29, 0.717) is 8.95 Å². The van der Waals surface area contributed by atoms with Crippen LogP contribution in [0.3, 0.4) is 0 Å². The average Bonchev–Trinajstić information content (AvgIpc) is 2.44. The molecule has 0 aliphatic heterocycles. The van der Waals surface area contributed by atoms with Crippen molar-refractivity contribution in [1.29, 1.82) is 0 Å². The van der Waals surface area contributed by atoms with Gasteiger partial charge in [0, 0.05) is 22.4 Å². The van der Waals surface area contributed by atoms with Crippen molar-refractivity contribution < 1.29 is 9.90 Å². The molecule has 1 amide bonds. The van der Waals surface area contributed by atoms with E-state index in [1.807, 2.05) is 0 Å². The normalized spacial score (nSPS) is 10.7. The summed E-state index contributed by atoms with van der Waals surface area (Å²) in [6, 6.07) is 6.72. The van der Waals surface area contributed by atoms with Crippen LogP contribution in [0.5, 0.6) is 5.75 Å². The van der Waals surface area contributed by atoms with Crippen LogP contribution in [0.2, 0.25) is 0 Å². The number of halogens is 2. The van der Waals surface area contributed by atoms with Gasteiger partial charge in [-0.1, -0.05) is 22.0 Å². The second-order valence-electron chi connectivity index (χ2n) is 3.77. The maximum absolute atomic E-state index is 11.9. The van der Waals surface area contributed by atoms with Crippen LogP contribution >= 0.6 is 31.9 Å². The summed E-state index contributed by atoms with van der Waals surface area (Å²) in [6.07, 6.45) is 4.73. The van der Waals surface area contributed by atoms with Gasteiger partial charge in [-0.2, -0.15) is 5.10 Å². The second kappa shape index (κ2) is 6.62. The third-order valence-electron chi connectivity index (χ3n) is 2.34. The van der Waals surface area contributed by atoms with E-state index in [1.165, 1.54) is 12.3 Å². The standard InChI is InChI=1S/C13H9Br2N3O2/c14-9-4-10(12(19)11(15)5-9)13(20)18-17-7-8-2-1-3-16-6-8/h1-7,19H,(H,18,20)/b17-7+. The number of amides is 1. The molecule has 0 saturated heterocycles. The Morgan fingerprint density at radius 1 is 1.40 bits per heavy atom. The van der Waals surface area contributed by atoms with Crippen molar-refractivity contribution in [3.8, 4) is 5.75 Å². The lowest BCUT2D eigenvalue weighted by molar-refractivity contribution is 0.0952. The van der Waals surface area contributed by atoms with E-state index < -0.39 is 5.91 Å².